The van der Waals surface area contributed by atoms with Crippen LogP contribution in [0.4, 0.5) is 0 Å². The van der Waals surface area contributed by atoms with Crippen LogP contribution in [0.5, 0.6) is 0 Å². The quantitative estimate of drug-likeness (QED) is 0.754. The molecule has 1 aliphatic carbocycles. The third kappa shape index (κ3) is 1.08. The SMILES string of the molecule is O=C1c2c[nH]c(Cl)c2CCN1C1CC1. The summed E-state index contributed by atoms with van der Waals surface area (Å²) in [6.07, 6.45) is 4.95. The Balaban J connectivity index is 1.98. The first-order valence-electron chi connectivity index (χ1n) is 4.94. The Morgan fingerprint density at radius 3 is 3.00 bits per heavy atom. The third-order valence-corrected chi connectivity index (χ3v) is 3.35. The number of carbonyl (C=O) groups is 1. The van der Waals surface area contributed by atoms with Gasteiger partial charge >= 0.3 is 0 Å². The molecule has 0 spiro atoms. The summed E-state index contributed by atoms with van der Waals surface area (Å²) in [5, 5.41) is 0.629. The van der Waals surface area contributed by atoms with Crippen molar-refractivity contribution < 1.29 is 4.79 Å². The summed E-state index contributed by atoms with van der Waals surface area (Å²) in [4.78, 5) is 16.8. The lowest BCUT2D eigenvalue weighted by atomic mass is 10.0. The highest BCUT2D eigenvalue weighted by molar-refractivity contribution is 6.31. The van der Waals surface area contributed by atoms with Crippen molar-refractivity contribution in [3.8, 4) is 0 Å². The van der Waals surface area contributed by atoms with Gasteiger partial charge in [-0.1, -0.05) is 11.6 Å². The van der Waals surface area contributed by atoms with Crippen LogP contribution in [0.25, 0.3) is 0 Å². The molecule has 0 saturated heterocycles. The molecule has 1 fully saturated rings. The maximum atomic E-state index is 12.0. The van der Waals surface area contributed by atoms with Gasteiger partial charge in [0.2, 0.25) is 0 Å². The molecule has 3 nitrogen and oxygen atoms in total. The van der Waals surface area contributed by atoms with Crippen LogP contribution in [0, 0.1) is 0 Å². The maximum Gasteiger partial charge on any atom is 0.255 e. The molecule has 0 atom stereocenters. The first kappa shape index (κ1) is 8.36. The van der Waals surface area contributed by atoms with Crippen LogP contribution in [-0.2, 0) is 6.42 Å². The molecule has 2 heterocycles. The second kappa shape index (κ2) is 2.76. The summed E-state index contributed by atoms with van der Waals surface area (Å²) >= 11 is 5.94. The molecule has 0 aromatic carbocycles. The van der Waals surface area contributed by atoms with Gasteiger partial charge in [-0.15, -0.1) is 0 Å². The molecule has 4 heteroatoms. The normalized spacial score (nSPS) is 21.2. The van der Waals surface area contributed by atoms with E-state index in [4.69, 9.17) is 11.6 Å². The van der Waals surface area contributed by atoms with Gasteiger partial charge < -0.3 is 9.88 Å². The van der Waals surface area contributed by atoms with Crippen molar-refractivity contribution in [2.45, 2.75) is 25.3 Å². The van der Waals surface area contributed by atoms with Crippen molar-refractivity contribution in [3.63, 3.8) is 0 Å². The Morgan fingerprint density at radius 2 is 2.29 bits per heavy atom. The van der Waals surface area contributed by atoms with Gasteiger partial charge in [-0.3, -0.25) is 4.79 Å². The number of nitrogens with one attached hydrogen (secondary N) is 1. The number of hydrogen-bond acceptors (Lipinski definition) is 1. The fourth-order valence-corrected chi connectivity index (χ4v) is 2.34. The van der Waals surface area contributed by atoms with E-state index in [1.807, 2.05) is 4.90 Å². The minimum Gasteiger partial charge on any atom is -0.351 e. The summed E-state index contributed by atoms with van der Waals surface area (Å²) in [6.45, 7) is 0.827. The molecule has 3 rings (SSSR count). The lowest BCUT2D eigenvalue weighted by Crippen LogP contribution is -2.38. The Hall–Kier alpha value is -0.960. The first-order chi connectivity index (χ1) is 6.77. The number of aromatic amines is 1. The molecule has 1 aromatic rings. The van der Waals surface area contributed by atoms with E-state index in [9.17, 15) is 4.79 Å². The summed E-state index contributed by atoms with van der Waals surface area (Å²) in [7, 11) is 0. The van der Waals surface area contributed by atoms with Gasteiger partial charge in [0.1, 0.15) is 5.15 Å². The minimum absolute atomic E-state index is 0.150. The van der Waals surface area contributed by atoms with Crippen LogP contribution in [0.15, 0.2) is 6.20 Å². The highest BCUT2D eigenvalue weighted by Crippen LogP contribution is 2.33. The van der Waals surface area contributed by atoms with Gasteiger partial charge in [-0.05, 0) is 19.3 Å². The van der Waals surface area contributed by atoms with Crippen molar-refractivity contribution in [3.05, 3.63) is 22.5 Å². The number of amides is 1. The Morgan fingerprint density at radius 1 is 1.50 bits per heavy atom. The predicted molar refractivity (Wildman–Crippen MR) is 53.6 cm³/mol. The van der Waals surface area contributed by atoms with Crippen molar-refractivity contribution in [1.29, 1.82) is 0 Å². The molecule has 0 bridgehead atoms. The smallest absolute Gasteiger partial charge is 0.255 e. The van der Waals surface area contributed by atoms with E-state index >= 15 is 0 Å². The van der Waals surface area contributed by atoms with E-state index in [1.165, 1.54) is 12.8 Å². The van der Waals surface area contributed by atoms with Crippen LogP contribution in [-0.4, -0.2) is 28.4 Å². The zero-order chi connectivity index (χ0) is 9.71. The number of nitrogens with zero attached hydrogens (tertiary/aromatic N) is 1. The summed E-state index contributed by atoms with van der Waals surface area (Å²) in [5.74, 6) is 0.150. The number of aromatic nitrogens is 1. The van der Waals surface area contributed by atoms with Crippen molar-refractivity contribution >= 4 is 17.5 Å². The van der Waals surface area contributed by atoms with E-state index in [0.29, 0.717) is 11.2 Å². The molecule has 14 heavy (non-hydrogen) atoms. The van der Waals surface area contributed by atoms with Gasteiger partial charge in [0, 0.05) is 24.3 Å². The Labute approximate surface area is 87.0 Å². The molecule has 1 amide bonds. The molecule has 0 unspecified atom stereocenters. The molecule has 1 N–H and O–H groups in total. The molecule has 74 valence electrons. The summed E-state index contributed by atoms with van der Waals surface area (Å²) < 4.78 is 0. The monoisotopic (exact) mass is 210 g/mol. The van der Waals surface area contributed by atoms with E-state index in [1.54, 1.807) is 6.20 Å². The molecular weight excluding hydrogens is 200 g/mol. The average Bonchev–Trinajstić information content (AvgIpc) is 2.93. The van der Waals surface area contributed by atoms with Crippen LogP contribution in [0.3, 0.4) is 0 Å². The van der Waals surface area contributed by atoms with Crippen LogP contribution in [0.1, 0.15) is 28.8 Å². The van der Waals surface area contributed by atoms with Gasteiger partial charge in [0.15, 0.2) is 0 Å². The molecule has 1 saturated carbocycles. The van der Waals surface area contributed by atoms with Gasteiger partial charge in [-0.25, -0.2) is 0 Å². The van der Waals surface area contributed by atoms with Crippen LogP contribution < -0.4 is 0 Å². The lowest BCUT2D eigenvalue weighted by Gasteiger charge is -2.26. The topological polar surface area (TPSA) is 36.1 Å². The second-order valence-corrected chi connectivity index (χ2v) is 4.35. The molecule has 1 aromatic heterocycles. The van der Waals surface area contributed by atoms with Crippen molar-refractivity contribution in [2.75, 3.05) is 6.54 Å². The fourth-order valence-electron chi connectivity index (χ4n) is 2.09. The zero-order valence-electron chi connectivity index (χ0n) is 7.72. The Bertz CT molecular complexity index is 395. The van der Waals surface area contributed by atoms with Gasteiger partial charge in [0.05, 0.1) is 5.56 Å². The minimum atomic E-state index is 0.150. The fraction of sp³-hybridized carbons (Fsp3) is 0.500. The summed E-state index contributed by atoms with van der Waals surface area (Å²) in [6, 6.07) is 0.504. The number of halogens is 1. The van der Waals surface area contributed by atoms with E-state index in [2.05, 4.69) is 4.98 Å². The average molecular weight is 211 g/mol. The largest absolute Gasteiger partial charge is 0.351 e. The number of fused-ring (bicyclic) bond motifs is 1. The van der Waals surface area contributed by atoms with E-state index in [-0.39, 0.29) is 5.91 Å². The van der Waals surface area contributed by atoms with Gasteiger partial charge in [-0.2, -0.15) is 0 Å². The van der Waals surface area contributed by atoms with E-state index in [0.717, 1.165) is 24.1 Å². The molecule has 2 aliphatic rings. The van der Waals surface area contributed by atoms with Crippen LogP contribution >= 0.6 is 11.6 Å². The summed E-state index contributed by atoms with van der Waals surface area (Å²) in [5.41, 5.74) is 1.77. The lowest BCUT2D eigenvalue weighted by molar-refractivity contribution is 0.0728. The zero-order valence-corrected chi connectivity index (χ0v) is 8.47. The van der Waals surface area contributed by atoms with Gasteiger partial charge in [0.25, 0.3) is 5.91 Å². The van der Waals surface area contributed by atoms with Crippen molar-refractivity contribution in [1.82, 2.24) is 9.88 Å². The second-order valence-electron chi connectivity index (χ2n) is 3.97. The van der Waals surface area contributed by atoms with Crippen molar-refractivity contribution in [2.24, 2.45) is 0 Å². The standard InChI is InChI=1S/C10H11ClN2O/c11-9-7-3-4-13(6-1-2-6)10(14)8(7)5-12-9/h5-6,12H,1-4H2. The van der Waals surface area contributed by atoms with E-state index < -0.39 is 0 Å². The highest BCUT2D eigenvalue weighted by atomic mass is 35.5. The molecule has 0 radical (unpaired) electrons. The predicted octanol–water partition coefficient (Wildman–Crippen LogP) is 1.83. The molecule has 1 aliphatic heterocycles. The number of hydrogen-bond donors (Lipinski definition) is 1. The maximum absolute atomic E-state index is 12.0. The van der Waals surface area contributed by atoms with Crippen LogP contribution in [0.2, 0.25) is 5.15 Å². The Kier molecular flexibility index (Phi) is 1.65. The third-order valence-electron chi connectivity index (χ3n) is 3.01. The highest BCUT2D eigenvalue weighted by Gasteiger charge is 2.36. The first-order valence-corrected chi connectivity index (χ1v) is 5.32. The number of carbonyl (C=O) groups excluding carboxylic acids is 1. The number of H-pyrrole nitrogens is 1. The molecular formula is C10H11ClN2O. The number of rotatable bonds is 1.